The van der Waals surface area contributed by atoms with Crippen LogP contribution in [0.4, 0.5) is 9.18 Å². The van der Waals surface area contributed by atoms with E-state index in [0.29, 0.717) is 39.2 Å². The highest BCUT2D eigenvalue weighted by Crippen LogP contribution is 2.17. The molecule has 1 amide bonds. The van der Waals surface area contributed by atoms with Crippen LogP contribution in [0.25, 0.3) is 0 Å². The summed E-state index contributed by atoms with van der Waals surface area (Å²) in [6.07, 6.45) is -0.933. The monoisotopic (exact) mass is 280 g/mol. The molecule has 0 heterocycles. The van der Waals surface area contributed by atoms with Crippen molar-refractivity contribution in [1.29, 1.82) is 0 Å². The maximum atomic E-state index is 13.4. The zero-order chi connectivity index (χ0) is 14.7. The predicted octanol–water partition coefficient (Wildman–Crippen LogP) is 1.14. The minimum Gasteiger partial charge on any atom is -0.465 e. The van der Waals surface area contributed by atoms with Crippen LogP contribution in [0.3, 0.4) is 0 Å². The molecule has 0 aromatic heterocycles. The summed E-state index contributed by atoms with van der Waals surface area (Å²) in [5.74, 6) is 0. The Labute approximate surface area is 113 Å². The first kappa shape index (κ1) is 18.1. The molecule has 0 aromatic rings. The Morgan fingerprint density at radius 3 is 2.58 bits per heavy atom. The molecule has 114 valence electrons. The zero-order valence-corrected chi connectivity index (χ0v) is 11.7. The number of hydrogen-bond donors (Lipinski definition) is 3. The van der Waals surface area contributed by atoms with E-state index in [1.54, 1.807) is 13.8 Å². The Kier molecular flexibility index (Phi) is 9.46. The lowest BCUT2D eigenvalue weighted by atomic mass is 10.0. The molecule has 19 heavy (non-hydrogen) atoms. The van der Waals surface area contributed by atoms with Gasteiger partial charge >= 0.3 is 6.09 Å². The average Bonchev–Trinajstić information content (AvgIpc) is 2.35. The molecule has 0 aliphatic heterocycles. The van der Waals surface area contributed by atoms with E-state index in [0.717, 1.165) is 0 Å². The quantitative estimate of drug-likeness (QED) is 0.493. The van der Waals surface area contributed by atoms with Crippen molar-refractivity contribution in [2.75, 3.05) is 32.9 Å². The molecule has 4 N–H and O–H groups in total. The van der Waals surface area contributed by atoms with Gasteiger partial charge in [-0.25, -0.2) is 9.18 Å². The van der Waals surface area contributed by atoms with E-state index in [2.05, 4.69) is 5.32 Å². The summed E-state index contributed by atoms with van der Waals surface area (Å²) >= 11 is 0. The van der Waals surface area contributed by atoms with E-state index in [-0.39, 0.29) is 6.54 Å². The fourth-order valence-electron chi connectivity index (χ4n) is 1.34. The Morgan fingerprint density at radius 1 is 1.37 bits per heavy atom. The summed E-state index contributed by atoms with van der Waals surface area (Å²) in [6, 6.07) is 0. The second kappa shape index (κ2) is 9.94. The third-order valence-electron chi connectivity index (χ3n) is 2.61. The smallest absolute Gasteiger partial charge is 0.404 e. The van der Waals surface area contributed by atoms with Crippen molar-refractivity contribution in [2.24, 2.45) is 5.73 Å². The summed E-state index contributed by atoms with van der Waals surface area (Å²) in [5, 5.41) is 10.6. The van der Waals surface area contributed by atoms with Crippen molar-refractivity contribution in [1.82, 2.24) is 5.32 Å². The van der Waals surface area contributed by atoms with Gasteiger partial charge in [0.15, 0.2) is 0 Å². The standard InChI is InChI=1S/C12H25FN2O4/c1-12(2,10(13)9-14)19-8-4-7-18-6-3-5-15-11(16)17/h10,15H,3-9,14H2,1-2H3,(H,16,17). The molecule has 7 heteroatoms. The van der Waals surface area contributed by atoms with Crippen LogP contribution in [0.2, 0.25) is 0 Å². The highest BCUT2D eigenvalue weighted by atomic mass is 19.1. The summed E-state index contributed by atoms with van der Waals surface area (Å²) in [7, 11) is 0. The number of nitrogens with one attached hydrogen (secondary N) is 1. The molecule has 1 unspecified atom stereocenters. The highest BCUT2D eigenvalue weighted by molar-refractivity contribution is 5.64. The minimum atomic E-state index is -1.18. The molecule has 0 bridgehead atoms. The number of alkyl halides is 1. The van der Waals surface area contributed by atoms with E-state index in [1.165, 1.54) is 0 Å². The van der Waals surface area contributed by atoms with Crippen LogP contribution in [0, 0.1) is 0 Å². The number of halogens is 1. The van der Waals surface area contributed by atoms with E-state index in [9.17, 15) is 9.18 Å². The first-order valence-electron chi connectivity index (χ1n) is 6.42. The summed E-state index contributed by atoms with van der Waals surface area (Å²) in [6.45, 7) is 5.05. The maximum absolute atomic E-state index is 13.4. The molecule has 0 aliphatic rings. The van der Waals surface area contributed by atoms with Crippen LogP contribution in [-0.4, -0.2) is 55.9 Å². The number of ether oxygens (including phenoxy) is 2. The number of nitrogens with two attached hydrogens (primary N) is 1. The van der Waals surface area contributed by atoms with E-state index < -0.39 is 17.9 Å². The minimum absolute atomic E-state index is 0.0555. The normalized spacial score (nSPS) is 13.3. The fraction of sp³-hybridized carbons (Fsp3) is 0.917. The highest BCUT2D eigenvalue weighted by Gasteiger charge is 2.28. The molecule has 0 fully saturated rings. The van der Waals surface area contributed by atoms with Crippen LogP contribution in [0.1, 0.15) is 26.7 Å². The summed E-state index contributed by atoms with van der Waals surface area (Å²) in [4.78, 5) is 10.1. The van der Waals surface area contributed by atoms with Gasteiger partial charge in [0.1, 0.15) is 6.17 Å². The number of carboxylic acid groups (broad SMARTS) is 1. The fourth-order valence-corrected chi connectivity index (χ4v) is 1.34. The molecule has 0 saturated carbocycles. The third-order valence-corrected chi connectivity index (χ3v) is 2.61. The second-order valence-corrected chi connectivity index (χ2v) is 4.71. The zero-order valence-electron chi connectivity index (χ0n) is 11.7. The van der Waals surface area contributed by atoms with Gasteiger partial charge in [0.05, 0.1) is 5.60 Å². The van der Waals surface area contributed by atoms with Crippen molar-refractivity contribution in [3.63, 3.8) is 0 Å². The van der Waals surface area contributed by atoms with Crippen LogP contribution >= 0.6 is 0 Å². The Bertz CT molecular complexity index is 252. The topological polar surface area (TPSA) is 93.8 Å². The van der Waals surface area contributed by atoms with E-state index in [1.807, 2.05) is 0 Å². The van der Waals surface area contributed by atoms with Gasteiger partial charge < -0.3 is 25.6 Å². The Balaban J connectivity index is 3.38. The molecule has 0 spiro atoms. The van der Waals surface area contributed by atoms with E-state index in [4.69, 9.17) is 20.3 Å². The van der Waals surface area contributed by atoms with Crippen molar-refractivity contribution in [2.45, 2.75) is 38.5 Å². The molecular weight excluding hydrogens is 255 g/mol. The van der Waals surface area contributed by atoms with Crippen molar-refractivity contribution in [3.8, 4) is 0 Å². The molecule has 0 aromatic carbocycles. The van der Waals surface area contributed by atoms with Crippen LogP contribution in [-0.2, 0) is 9.47 Å². The molecule has 1 atom stereocenters. The molecule has 0 rings (SSSR count). The average molecular weight is 280 g/mol. The third kappa shape index (κ3) is 9.63. The van der Waals surface area contributed by atoms with Crippen molar-refractivity contribution in [3.05, 3.63) is 0 Å². The van der Waals surface area contributed by atoms with Gasteiger partial charge in [-0.15, -0.1) is 0 Å². The van der Waals surface area contributed by atoms with Gasteiger partial charge in [-0.05, 0) is 26.7 Å². The first-order chi connectivity index (χ1) is 8.90. The number of rotatable bonds is 11. The SMILES string of the molecule is CC(C)(OCCCOCCCNC(=O)O)C(F)CN. The Hall–Kier alpha value is -0.920. The van der Waals surface area contributed by atoms with Crippen LogP contribution < -0.4 is 11.1 Å². The van der Waals surface area contributed by atoms with E-state index >= 15 is 0 Å². The number of amides is 1. The molecular formula is C12H25FN2O4. The second-order valence-electron chi connectivity index (χ2n) is 4.71. The molecule has 0 saturated heterocycles. The van der Waals surface area contributed by atoms with Gasteiger partial charge in [0, 0.05) is 32.9 Å². The lowest BCUT2D eigenvalue weighted by Gasteiger charge is -2.28. The maximum Gasteiger partial charge on any atom is 0.404 e. The number of hydrogen-bond acceptors (Lipinski definition) is 4. The van der Waals surface area contributed by atoms with Gasteiger partial charge in [0.25, 0.3) is 0 Å². The molecule has 0 radical (unpaired) electrons. The van der Waals surface area contributed by atoms with Gasteiger partial charge in [0.2, 0.25) is 0 Å². The molecule has 6 nitrogen and oxygen atoms in total. The van der Waals surface area contributed by atoms with Gasteiger partial charge in [-0.3, -0.25) is 0 Å². The predicted molar refractivity (Wildman–Crippen MR) is 70.1 cm³/mol. The Morgan fingerprint density at radius 2 is 2.00 bits per heavy atom. The lowest BCUT2D eigenvalue weighted by molar-refractivity contribution is -0.0730. The molecule has 0 aliphatic carbocycles. The van der Waals surface area contributed by atoms with Gasteiger partial charge in [-0.2, -0.15) is 0 Å². The number of carbonyl (C=O) groups is 1. The van der Waals surface area contributed by atoms with Crippen molar-refractivity contribution >= 4 is 6.09 Å². The van der Waals surface area contributed by atoms with Crippen molar-refractivity contribution < 1.29 is 23.8 Å². The summed E-state index contributed by atoms with van der Waals surface area (Å²) in [5.41, 5.74) is 4.38. The van der Waals surface area contributed by atoms with Gasteiger partial charge in [-0.1, -0.05) is 0 Å². The lowest BCUT2D eigenvalue weighted by Crippen LogP contribution is -2.41. The largest absolute Gasteiger partial charge is 0.465 e. The first-order valence-corrected chi connectivity index (χ1v) is 6.42. The van der Waals surface area contributed by atoms with Crippen LogP contribution in [0.5, 0.6) is 0 Å². The summed E-state index contributed by atoms with van der Waals surface area (Å²) < 4.78 is 24.1. The van der Waals surface area contributed by atoms with Crippen LogP contribution in [0.15, 0.2) is 0 Å².